The van der Waals surface area contributed by atoms with E-state index in [1.165, 1.54) is 12.1 Å². The first-order valence-electron chi connectivity index (χ1n) is 6.38. The average Bonchev–Trinajstić information content (AvgIpc) is 2.89. The highest BCUT2D eigenvalue weighted by atomic mass is 32.2. The molecule has 110 valence electrons. The van der Waals surface area contributed by atoms with E-state index in [4.69, 9.17) is 10.5 Å². The third kappa shape index (κ3) is 3.36. The van der Waals surface area contributed by atoms with E-state index in [1.54, 1.807) is 13.0 Å². The zero-order valence-electron chi connectivity index (χ0n) is 11.3. The summed E-state index contributed by atoms with van der Waals surface area (Å²) in [5, 5.41) is 0. The highest BCUT2D eigenvalue weighted by Gasteiger charge is 2.21. The minimum atomic E-state index is -3.63. The Morgan fingerprint density at radius 2 is 2.25 bits per heavy atom. The van der Waals surface area contributed by atoms with Crippen molar-refractivity contribution < 1.29 is 17.9 Å². The van der Waals surface area contributed by atoms with Gasteiger partial charge in [-0.15, -0.1) is 0 Å². The molecule has 1 atom stereocenters. The molecule has 7 heteroatoms. The first-order chi connectivity index (χ1) is 9.40. The number of benzene rings is 1. The number of sulfonamides is 1. The lowest BCUT2D eigenvalue weighted by Gasteiger charge is -2.11. The third-order valence-electron chi connectivity index (χ3n) is 3.37. The fraction of sp³-hybridized carbons (Fsp3) is 0.462. The van der Waals surface area contributed by atoms with Gasteiger partial charge < -0.3 is 10.5 Å². The molecule has 1 heterocycles. The average molecular weight is 298 g/mol. The maximum atomic E-state index is 12.2. The predicted molar refractivity (Wildman–Crippen MR) is 73.8 cm³/mol. The first kappa shape index (κ1) is 15.0. The van der Waals surface area contributed by atoms with Crippen molar-refractivity contribution in [2.24, 2.45) is 11.7 Å². The number of ether oxygens (including phenoxy) is 1. The molecule has 1 aliphatic heterocycles. The van der Waals surface area contributed by atoms with Crippen molar-refractivity contribution in [3.63, 3.8) is 0 Å². The third-order valence-corrected chi connectivity index (χ3v) is 4.79. The molecule has 0 bridgehead atoms. The molecule has 0 radical (unpaired) electrons. The first-order valence-corrected chi connectivity index (χ1v) is 7.86. The van der Waals surface area contributed by atoms with E-state index in [1.807, 2.05) is 0 Å². The normalized spacial score (nSPS) is 19.1. The molecule has 2 rings (SSSR count). The van der Waals surface area contributed by atoms with Crippen LogP contribution in [0.5, 0.6) is 0 Å². The fourth-order valence-electron chi connectivity index (χ4n) is 2.09. The zero-order valence-corrected chi connectivity index (χ0v) is 12.1. The largest absolute Gasteiger partial charge is 0.381 e. The van der Waals surface area contributed by atoms with Gasteiger partial charge in [-0.3, -0.25) is 4.79 Å². The van der Waals surface area contributed by atoms with E-state index >= 15 is 0 Å². The van der Waals surface area contributed by atoms with Gasteiger partial charge in [-0.2, -0.15) is 0 Å². The van der Waals surface area contributed by atoms with E-state index < -0.39 is 15.9 Å². The smallest absolute Gasteiger partial charge is 0.249 e. The summed E-state index contributed by atoms with van der Waals surface area (Å²) < 4.78 is 32.1. The van der Waals surface area contributed by atoms with Crippen LogP contribution < -0.4 is 10.5 Å². The molecule has 1 saturated heterocycles. The van der Waals surface area contributed by atoms with Crippen LogP contribution >= 0.6 is 0 Å². The van der Waals surface area contributed by atoms with Crippen LogP contribution in [0.25, 0.3) is 0 Å². The van der Waals surface area contributed by atoms with Crippen molar-refractivity contribution >= 4 is 15.9 Å². The number of nitrogens with one attached hydrogen (secondary N) is 1. The summed E-state index contributed by atoms with van der Waals surface area (Å²) in [7, 11) is -3.63. The van der Waals surface area contributed by atoms with Gasteiger partial charge in [0.25, 0.3) is 0 Å². The standard InChI is InChI=1S/C13H18N2O4S/c1-9-2-3-11(6-12(9)13(14)16)20(17,18)15-7-10-4-5-19-8-10/h2-3,6,10,15H,4-5,7-8H2,1H3,(H2,14,16)/t10-/m1/s1. The molecule has 3 N–H and O–H groups in total. The number of rotatable bonds is 5. The lowest BCUT2D eigenvalue weighted by atomic mass is 10.1. The van der Waals surface area contributed by atoms with Crippen molar-refractivity contribution in [1.29, 1.82) is 0 Å². The number of carbonyl (C=O) groups is 1. The summed E-state index contributed by atoms with van der Waals surface area (Å²) in [4.78, 5) is 11.3. The van der Waals surface area contributed by atoms with E-state index in [0.717, 1.165) is 6.42 Å². The van der Waals surface area contributed by atoms with Gasteiger partial charge in [0.05, 0.1) is 11.5 Å². The maximum absolute atomic E-state index is 12.2. The molecule has 0 aliphatic carbocycles. The van der Waals surface area contributed by atoms with Crippen molar-refractivity contribution in [3.05, 3.63) is 29.3 Å². The van der Waals surface area contributed by atoms with E-state index in [9.17, 15) is 13.2 Å². The molecule has 6 nitrogen and oxygen atoms in total. The van der Waals surface area contributed by atoms with Crippen LogP contribution in [0.15, 0.2) is 23.1 Å². The summed E-state index contributed by atoms with van der Waals surface area (Å²) >= 11 is 0. The number of hydrogen-bond donors (Lipinski definition) is 2. The highest BCUT2D eigenvalue weighted by Crippen LogP contribution is 2.17. The summed E-state index contributed by atoms with van der Waals surface area (Å²) in [6.45, 7) is 3.29. The predicted octanol–water partition coefficient (Wildman–Crippen LogP) is 0.409. The number of amides is 1. The van der Waals surface area contributed by atoms with Crippen molar-refractivity contribution in [3.8, 4) is 0 Å². The van der Waals surface area contributed by atoms with Gasteiger partial charge >= 0.3 is 0 Å². The molecular formula is C13H18N2O4S. The Hall–Kier alpha value is -1.44. The Morgan fingerprint density at radius 3 is 2.85 bits per heavy atom. The Balaban J connectivity index is 2.16. The minimum absolute atomic E-state index is 0.0517. The molecule has 0 unspecified atom stereocenters. The molecule has 1 amide bonds. The molecule has 1 aromatic rings. The molecule has 0 saturated carbocycles. The summed E-state index contributed by atoms with van der Waals surface area (Å²) in [6.07, 6.45) is 0.850. The van der Waals surface area contributed by atoms with Gasteiger partial charge in [-0.1, -0.05) is 6.07 Å². The number of carbonyl (C=O) groups excluding carboxylic acids is 1. The topological polar surface area (TPSA) is 98.5 Å². The molecule has 0 spiro atoms. The second-order valence-electron chi connectivity index (χ2n) is 4.92. The lowest BCUT2D eigenvalue weighted by Crippen LogP contribution is -2.30. The fourth-order valence-corrected chi connectivity index (χ4v) is 3.23. The SMILES string of the molecule is Cc1ccc(S(=O)(=O)NC[C@H]2CCOC2)cc1C(N)=O. The van der Waals surface area contributed by atoms with Gasteiger partial charge in [-0.05, 0) is 37.0 Å². The molecule has 0 aromatic heterocycles. The summed E-state index contributed by atoms with van der Waals surface area (Å²) in [5.74, 6) is -0.436. The van der Waals surface area contributed by atoms with Crippen LogP contribution in [0, 0.1) is 12.8 Å². The Bertz CT molecular complexity index is 607. The number of primary amides is 1. The van der Waals surface area contributed by atoms with Gasteiger partial charge in [-0.25, -0.2) is 13.1 Å². The van der Waals surface area contributed by atoms with Gasteiger partial charge in [0.1, 0.15) is 0 Å². The second-order valence-corrected chi connectivity index (χ2v) is 6.69. The molecule has 1 aromatic carbocycles. The highest BCUT2D eigenvalue weighted by molar-refractivity contribution is 7.89. The van der Waals surface area contributed by atoms with Gasteiger partial charge in [0.2, 0.25) is 15.9 Å². The van der Waals surface area contributed by atoms with Gasteiger partial charge in [0.15, 0.2) is 0 Å². The zero-order chi connectivity index (χ0) is 14.8. The van der Waals surface area contributed by atoms with Crippen LogP contribution in [-0.2, 0) is 14.8 Å². The van der Waals surface area contributed by atoms with Crippen molar-refractivity contribution in [2.75, 3.05) is 19.8 Å². The minimum Gasteiger partial charge on any atom is -0.381 e. The Labute approximate surface area is 118 Å². The quantitative estimate of drug-likeness (QED) is 0.822. The van der Waals surface area contributed by atoms with E-state index in [0.29, 0.717) is 25.3 Å². The van der Waals surface area contributed by atoms with Crippen LogP contribution in [0.3, 0.4) is 0 Å². The molecular weight excluding hydrogens is 280 g/mol. The Morgan fingerprint density at radius 1 is 1.50 bits per heavy atom. The van der Waals surface area contributed by atoms with Crippen molar-refractivity contribution in [2.45, 2.75) is 18.2 Å². The van der Waals surface area contributed by atoms with Crippen LogP contribution in [0.2, 0.25) is 0 Å². The molecule has 20 heavy (non-hydrogen) atoms. The molecule has 1 fully saturated rings. The number of nitrogens with two attached hydrogens (primary N) is 1. The second kappa shape index (κ2) is 5.90. The number of aryl methyl sites for hydroxylation is 1. The van der Waals surface area contributed by atoms with E-state index in [2.05, 4.69) is 4.72 Å². The monoisotopic (exact) mass is 298 g/mol. The van der Waals surface area contributed by atoms with Crippen LogP contribution in [0.4, 0.5) is 0 Å². The maximum Gasteiger partial charge on any atom is 0.249 e. The van der Waals surface area contributed by atoms with Crippen LogP contribution in [0.1, 0.15) is 22.3 Å². The summed E-state index contributed by atoms with van der Waals surface area (Å²) in [5.41, 5.74) is 6.10. The number of hydrogen-bond acceptors (Lipinski definition) is 4. The Kier molecular flexibility index (Phi) is 4.42. The lowest BCUT2D eigenvalue weighted by molar-refractivity contribution is 0.0999. The van der Waals surface area contributed by atoms with Gasteiger partial charge in [0, 0.05) is 18.7 Å². The van der Waals surface area contributed by atoms with Crippen molar-refractivity contribution in [1.82, 2.24) is 4.72 Å². The summed E-state index contributed by atoms with van der Waals surface area (Å²) in [6, 6.07) is 4.35. The van der Waals surface area contributed by atoms with Crippen LogP contribution in [-0.4, -0.2) is 34.1 Å². The molecule has 1 aliphatic rings. The van der Waals surface area contributed by atoms with E-state index in [-0.39, 0.29) is 16.4 Å².